The van der Waals surface area contributed by atoms with Gasteiger partial charge in [0, 0.05) is 28.5 Å². The normalized spacial score (nSPS) is 11.6. The molecule has 0 radical (unpaired) electrons. The fourth-order valence-electron chi connectivity index (χ4n) is 2.99. The molecule has 0 spiro atoms. The number of fused-ring (bicyclic) bond motifs is 1. The number of anilines is 1. The number of aromatic nitrogens is 4. The molecule has 0 aliphatic heterocycles. The first-order valence-electron chi connectivity index (χ1n) is 9.13. The highest BCUT2D eigenvalue weighted by Crippen LogP contribution is 2.28. The number of halogens is 3. The lowest BCUT2D eigenvalue weighted by Gasteiger charge is -2.12. The fourth-order valence-corrected chi connectivity index (χ4v) is 3.73. The number of benzene rings is 1. The summed E-state index contributed by atoms with van der Waals surface area (Å²) < 4.78 is 39.8. The van der Waals surface area contributed by atoms with Gasteiger partial charge in [-0.3, -0.25) is 4.79 Å². The molecule has 1 N–H and O–H groups in total. The van der Waals surface area contributed by atoms with Gasteiger partial charge >= 0.3 is 6.18 Å². The van der Waals surface area contributed by atoms with Crippen molar-refractivity contribution in [2.75, 3.05) is 11.1 Å². The van der Waals surface area contributed by atoms with E-state index in [1.807, 2.05) is 24.3 Å². The summed E-state index contributed by atoms with van der Waals surface area (Å²) in [6.45, 7) is 7.02. The summed E-state index contributed by atoms with van der Waals surface area (Å²) >= 11 is 1.56. The van der Waals surface area contributed by atoms with Gasteiger partial charge in [-0.05, 0) is 38.0 Å². The SMILES string of the molecule is C=CCSc1ccccc1NC(=O)CCc1c(C)nc2nc(C(F)(F)F)nn2c1C. The predicted octanol–water partition coefficient (Wildman–Crippen LogP) is 4.61. The Kier molecular flexibility index (Phi) is 6.45. The maximum Gasteiger partial charge on any atom is 0.453 e. The average Bonchev–Trinajstić information content (AvgIpc) is 3.12. The van der Waals surface area contributed by atoms with Crippen LogP contribution in [-0.4, -0.2) is 31.2 Å². The lowest BCUT2D eigenvalue weighted by atomic mass is 10.1. The number of nitrogens with one attached hydrogen (secondary N) is 1. The molecule has 0 saturated heterocycles. The Balaban J connectivity index is 1.76. The van der Waals surface area contributed by atoms with E-state index < -0.39 is 12.0 Å². The van der Waals surface area contributed by atoms with Gasteiger partial charge in [0.15, 0.2) is 0 Å². The smallest absolute Gasteiger partial charge is 0.325 e. The molecule has 0 bridgehead atoms. The molecule has 6 nitrogen and oxygen atoms in total. The third-order valence-electron chi connectivity index (χ3n) is 4.42. The molecule has 0 saturated carbocycles. The number of alkyl halides is 3. The van der Waals surface area contributed by atoms with Crippen molar-refractivity contribution in [2.45, 2.75) is 37.8 Å². The van der Waals surface area contributed by atoms with Crippen LogP contribution in [0.4, 0.5) is 18.9 Å². The van der Waals surface area contributed by atoms with Gasteiger partial charge in [-0.1, -0.05) is 18.2 Å². The molecule has 2 aromatic heterocycles. The zero-order valence-electron chi connectivity index (χ0n) is 16.5. The number of rotatable bonds is 7. The van der Waals surface area contributed by atoms with E-state index in [4.69, 9.17) is 0 Å². The van der Waals surface area contributed by atoms with E-state index in [-0.39, 0.29) is 18.1 Å². The molecular formula is C20H20F3N5OS. The van der Waals surface area contributed by atoms with E-state index in [1.54, 1.807) is 31.7 Å². The maximum atomic E-state index is 12.9. The van der Waals surface area contributed by atoms with E-state index in [0.29, 0.717) is 29.1 Å². The number of amides is 1. The molecule has 0 fully saturated rings. The fraction of sp³-hybridized carbons (Fsp3) is 0.300. The van der Waals surface area contributed by atoms with Gasteiger partial charge in [0.05, 0.1) is 5.69 Å². The van der Waals surface area contributed by atoms with Crippen LogP contribution in [0.25, 0.3) is 5.78 Å². The molecule has 158 valence electrons. The van der Waals surface area contributed by atoms with Crippen LogP contribution in [0.3, 0.4) is 0 Å². The van der Waals surface area contributed by atoms with E-state index in [9.17, 15) is 18.0 Å². The van der Waals surface area contributed by atoms with Gasteiger partial charge in [0.1, 0.15) is 0 Å². The summed E-state index contributed by atoms with van der Waals surface area (Å²) in [7, 11) is 0. The van der Waals surface area contributed by atoms with Gasteiger partial charge < -0.3 is 5.32 Å². The van der Waals surface area contributed by atoms with Crippen LogP contribution in [0.15, 0.2) is 41.8 Å². The number of para-hydroxylation sites is 1. The lowest BCUT2D eigenvalue weighted by molar-refractivity contribution is -0.144. The van der Waals surface area contributed by atoms with Crippen LogP contribution in [0.5, 0.6) is 0 Å². The van der Waals surface area contributed by atoms with Crippen LogP contribution in [0, 0.1) is 13.8 Å². The first-order chi connectivity index (χ1) is 14.2. The van der Waals surface area contributed by atoms with Gasteiger partial charge in [0.25, 0.3) is 11.6 Å². The minimum atomic E-state index is -4.65. The van der Waals surface area contributed by atoms with Crippen molar-refractivity contribution in [3.8, 4) is 0 Å². The Bertz CT molecular complexity index is 1090. The highest BCUT2D eigenvalue weighted by Gasteiger charge is 2.36. The quantitative estimate of drug-likeness (QED) is 0.434. The summed E-state index contributed by atoms with van der Waals surface area (Å²) in [5.41, 5.74) is 2.39. The second-order valence-electron chi connectivity index (χ2n) is 6.55. The summed E-state index contributed by atoms with van der Waals surface area (Å²) in [6.07, 6.45) is -2.40. The molecule has 1 amide bonds. The number of nitrogens with zero attached hydrogens (tertiary/aromatic N) is 4. The highest BCUT2D eigenvalue weighted by molar-refractivity contribution is 7.99. The van der Waals surface area contributed by atoms with Gasteiger partial charge in [-0.2, -0.15) is 18.2 Å². The minimum Gasteiger partial charge on any atom is -0.325 e. The minimum absolute atomic E-state index is 0.112. The summed E-state index contributed by atoms with van der Waals surface area (Å²) in [6, 6.07) is 7.46. The molecule has 0 aliphatic carbocycles. The topological polar surface area (TPSA) is 72.2 Å². The molecule has 0 atom stereocenters. The summed E-state index contributed by atoms with van der Waals surface area (Å²) in [4.78, 5) is 21.0. The number of hydrogen-bond donors (Lipinski definition) is 1. The Hall–Kier alpha value is -2.88. The summed E-state index contributed by atoms with van der Waals surface area (Å²) in [5, 5.41) is 6.42. The molecule has 1 aromatic carbocycles. The zero-order valence-corrected chi connectivity index (χ0v) is 17.3. The van der Waals surface area contributed by atoms with Crippen molar-refractivity contribution in [3.05, 3.63) is 59.7 Å². The number of thioether (sulfide) groups is 1. The second-order valence-corrected chi connectivity index (χ2v) is 7.61. The number of hydrogen-bond acceptors (Lipinski definition) is 5. The Morgan fingerprint density at radius 1 is 1.27 bits per heavy atom. The number of carbonyl (C=O) groups is 1. The van der Waals surface area contributed by atoms with Gasteiger partial charge in [-0.25, -0.2) is 9.50 Å². The Labute approximate surface area is 175 Å². The van der Waals surface area contributed by atoms with E-state index >= 15 is 0 Å². The lowest BCUT2D eigenvalue weighted by Crippen LogP contribution is -2.15. The van der Waals surface area contributed by atoms with E-state index in [2.05, 4.69) is 27.0 Å². The van der Waals surface area contributed by atoms with Crippen molar-refractivity contribution in [2.24, 2.45) is 0 Å². The van der Waals surface area contributed by atoms with E-state index in [0.717, 1.165) is 15.2 Å². The van der Waals surface area contributed by atoms with Crippen molar-refractivity contribution < 1.29 is 18.0 Å². The third kappa shape index (κ3) is 4.81. The molecule has 0 aliphatic rings. The predicted molar refractivity (Wildman–Crippen MR) is 110 cm³/mol. The van der Waals surface area contributed by atoms with E-state index in [1.165, 1.54) is 0 Å². The van der Waals surface area contributed by atoms with Crippen LogP contribution in [0.2, 0.25) is 0 Å². The molecule has 3 aromatic rings. The first kappa shape index (κ1) is 21.8. The average molecular weight is 435 g/mol. The number of aryl methyl sites for hydroxylation is 2. The first-order valence-corrected chi connectivity index (χ1v) is 10.1. The molecule has 2 heterocycles. The largest absolute Gasteiger partial charge is 0.453 e. The van der Waals surface area contributed by atoms with Crippen molar-refractivity contribution in [3.63, 3.8) is 0 Å². The molecule has 10 heteroatoms. The third-order valence-corrected chi connectivity index (χ3v) is 5.49. The van der Waals surface area contributed by atoms with Gasteiger partial charge in [-0.15, -0.1) is 23.4 Å². The van der Waals surface area contributed by atoms with Crippen LogP contribution < -0.4 is 5.32 Å². The maximum absolute atomic E-state index is 12.9. The molecular weight excluding hydrogens is 415 g/mol. The Morgan fingerprint density at radius 2 is 2.00 bits per heavy atom. The molecule has 3 rings (SSSR count). The van der Waals surface area contributed by atoms with Crippen LogP contribution in [-0.2, 0) is 17.4 Å². The molecule has 30 heavy (non-hydrogen) atoms. The highest BCUT2D eigenvalue weighted by atomic mass is 32.2. The Morgan fingerprint density at radius 3 is 2.70 bits per heavy atom. The van der Waals surface area contributed by atoms with Crippen molar-refractivity contribution in [1.82, 2.24) is 19.6 Å². The summed E-state index contributed by atoms with van der Waals surface area (Å²) in [5.74, 6) is -0.829. The number of carbonyl (C=O) groups excluding carboxylic acids is 1. The molecule has 0 unspecified atom stereocenters. The van der Waals surface area contributed by atoms with Crippen molar-refractivity contribution >= 4 is 29.1 Å². The second kappa shape index (κ2) is 8.86. The van der Waals surface area contributed by atoms with Gasteiger partial charge in [0.2, 0.25) is 5.91 Å². The zero-order chi connectivity index (χ0) is 21.9. The monoisotopic (exact) mass is 435 g/mol. The standard InChI is InChI=1S/C20H20F3N5OS/c1-4-11-30-16-8-6-5-7-15(16)25-17(29)10-9-14-12(2)24-19-26-18(20(21,22)23)27-28(19)13(14)3/h4-8H,1,9-11H2,2-3H3,(H,25,29). The van der Waals surface area contributed by atoms with Crippen LogP contribution >= 0.6 is 11.8 Å². The van der Waals surface area contributed by atoms with Crippen molar-refractivity contribution in [1.29, 1.82) is 0 Å². The van der Waals surface area contributed by atoms with Crippen LogP contribution in [0.1, 0.15) is 29.2 Å².